The molecule has 0 amide bonds. The molecule has 0 bridgehead atoms. The van der Waals surface area contributed by atoms with Gasteiger partial charge in [-0.25, -0.2) is 8.42 Å². The molecule has 0 aliphatic carbocycles. The highest BCUT2D eigenvalue weighted by Gasteiger charge is 2.12. The molecule has 4 nitrogen and oxygen atoms in total. The lowest BCUT2D eigenvalue weighted by Crippen LogP contribution is -2.15. The molecule has 0 N–H and O–H groups in total. The molecule has 0 spiro atoms. The third-order valence-corrected chi connectivity index (χ3v) is 3.29. The maximum absolute atomic E-state index is 11.1. The van der Waals surface area contributed by atoms with E-state index in [4.69, 9.17) is 0 Å². The summed E-state index contributed by atoms with van der Waals surface area (Å²) in [5.41, 5.74) is 0. The number of hydrogen-bond acceptors (Lipinski definition) is 4. The van der Waals surface area contributed by atoms with Crippen LogP contribution in [0.3, 0.4) is 0 Å². The maximum Gasteiger partial charge on any atom is 0.306 e. The SMILES string of the molecule is CCCS(=O)(=O)CCC(=O)OCC. The molecule has 0 fully saturated rings. The van der Waals surface area contributed by atoms with Crippen molar-refractivity contribution in [3.8, 4) is 0 Å². The summed E-state index contributed by atoms with van der Waals surface area (Å²) >= 11 is 0. The Balaban J connectivity index is 3.81. The summed E-state index contributed by atoms with van der Waals surface area (Å²) in [5.74, 6) is -0.395. The quantitative estimate of drug-likeness (QED) is 0.605. The van der Waals surface area contributed by atoms with Gasteiger partial charge in [-0.05, 0) is 13.3 Å². The van der Waals surface area contributed by atoms with Crippen LogP contribution in [-0.4, -0.2) is 32.5 Å². The zero-order valence-electron chi connectivity index (χ0n) is 8.08. The van der Waals surface area contributed by atoms with Gasteiger partial charge in [-0.3, -0.25) is 4.79 Å². The molecular formula is C8H16O4S. The molecule has 13 heavy (non-hydrogen) atoms. The van der Waals surface area contributed by atoms with E-state index >= 15 is 0 Å². The Morgan fingerprint density at radius 1 is 1.23 bits per heavy atom. The molecule has 0 aromatic rings. The van der Waals surface area contributed by atoms with Gasteiger partial charge in [0, 0.05) is 5.75 Å². The van der Waals surface area contributed by atoms with Crippen molar-refractivity contribution in [3.05, 3.63) is 0 Å². The van der Waals surface area contributed by atoms with Crippen LogP contribution < -0.4 is 0 Å². The van der Waals surface area contributed by atoms with Crippen LogP contribution in [-0.2, 0) is 19.4 Å². The molecule has 0 aliphatic heterocycles. The van der Waals surface area contributed by atoms with Crippen LogP contribution in [0.25, 0.3) is 0 Å². The number of ether oxygens (including phenoxy) is 1. The van der Waals surface area contributed by atoms with Gasteiger partial charge in [0.2, 0.25) is 0 Å². The first-order valence-corrected chi connectivity index (χ1v) is 6.20. The van der Waals surface area contributed by atoms with E-state index in [1.54, 1.807) is 13.8 Å². The van der Waals surface area contributed by atoms with Crippen LogP contribution in [0.1, 0.15) is 26.7 Å². The number of sulfone groups is 1. The Hall–Kier alpha value is -0.580. The Morgan fingerprint density at radius 2 is 1.85 bits per heavy atom. The van der Waals surface area contributed by atoms with E-state index in [2.05, 4.69) is 4.74 Å². The monoisotopic (exact) mass is 208 g/mol. The second-order valence-corrected chi connectivity index (χ2v) is 5.01. The average molecular weight is 208 g/mol. The summed E-state index contributed by atoms with van der Waals surface area (Å²) in [6.45, 7) is 3.78. The second kappa shape index (κ2) is 5.96. The van der Waals surface area contributed by atoms with Crippen molar-refractivity contribution in [1.82, 2.24) is 0 Å². The summed E-state index contributed by atoms with van der Waals surface area (Å²) in [4.78, 5) is 10.8. The van der Waals surface area contributed by atoms with E-state index in [0.29, 0.717) is 13.0 Å². The minimum absolute atomic E-state index is 0.0316. The lowest BCUT2D eigenvalue weighted by molar-refractivity contribution is -0.142. The summed E-state index contributed by atoms with van der Waals surface area (Å²) in [5, 5.41) is 0. The van der Waals surface area contributed by atoms with Crippen LogP contribution in [0.2, 0.25) is 0 Å². The van der Waals surface area contributed by atoms with E-state index in [1.807, 2.05) is 0 Å². The maximum atomic E-state index is 11.1. The normalized spacial score (nSPS) is 11.2. The number of esters is 1. The van der Waals surface area contributed by atoms with Gasteiger partial charge in [0.25, 0.3) is 0 Å². The molecule has 0 radical (unpaired) electrons. The molecular weight excluding hydrogens is 192 g/mol. The number of carbonyl (C=O) groups is 1. The van der Waals surface area contributed by atoms with Gasteiger partial charge in [0.1, 0.15) is 0 Å². The predicted octanol–water partition coefficient (Wildman–Crippen LogP) is 0.764. The Kier molecular flexibility index (Phi) is 5.70. The van der Waals surface area contributed by atoms with Gasteiger partial charge in [-0.2, -0.15) is 0 Å². The minimum Gasteiger partial charge on any atom is -0.466 e. The number of carbonyl (C=O) groups excluding carboxylic acids is 1. The number of rotatable bonds is 6. The molecule has 0 saturated carbocycles. The fraction of sp³-hybridized carbons (Fsp3) is 0.875. The molecule has 0 saturated heterocycles. The van der Waals surface area contributed by atoms with Crippen molar-refractivity contribution in [2.24, 2.45) is 0 Å². The first kappa shape index (κ1) is 12.4. The van der Waals surface area contributed by atoms with Gasteiger partial charge in [0.15, 0.2) is 9.84 Å². The fourth-order valence-electron chi connectivity index (χ4n) is 0.885. The summed E-state index contributed by atoms with van der Waals surface area (Å²) in [7, 11) is -3.05. The Labute approximate surface area is 79.2 Å². The molecule has 0 aromatic heterocycles. The summed E-state index contributed by atoms with van der Waals surface area (Å²) in [6, 6.07) is 0. The van der Waals surface area contributed by atoms with Crippen LogP contribution in [0.4, 0.5) is 0 Å². The van der Waals surface area contributed by atoms with Crippen molar-refractivity contribution in [3.63, 3.8) is 0 Å². The predicted molar refractivity (Wildman–Crippen MR) is 50.2 cm³/mol. The van der Waals surface area contributed by atoms with Crippen molar-refractivity contribution < 1.29 is 17.9 Å². The van der Waals surface area contributed by atoms with E-state index < -0.39 is 15.8 Å². The summed E-state index contributed by atoms with van der Waals surface area (Å²) < 4.78 is 26.9. The van der Waals surface area contributed by atoms with Gasteiger partial charge < -0.3 is 4.74 Å². The molecule has 0 aliphatic rings. The lowest BCUT2D eigenvalue weighted by Gasteiger charge is -2.02. The van der Waals surface area contributed by atoms with E-state index in [-0.39, 0.29) is 17.9 Å². The molecule has 78 valence electrons. The van der Waals surface area contributed by atoms with Crippen LogP contribution in [0.5, 0.6) is 0 Å². The van der Waals surface area contributed by atoms with Crippen LogP contribution in [0.15, 0.2) is 0 Å². The lowest BCUT2D eigenvalue weighted by atomic mass is 10.5. The molecule has 0 aromatic carbocycles. The highest BCUT2D eigenvalue weighted by molar-refractivity contribution is 7.91. The zero-order valence-corrected chi connectivity index (χ0v) is 8.89. The van der Waals surface area contributed by atoms with Crippen LogP contribution in [0, 0.1) is 0 Å². The largest absolute Gasteiger partial charge is 0.466 e. The van der Waals surface area contributed by atoms with Crippen LogP contribution >= 0.6 is 0 Å². The van der Waals surface area contributed by atoms with Gasteiger partial charge in [0.05, 0.1) is 18.8 Å². The smallest absolute Gasteiger partial charge is 0.306 e. The number of hydrogen-bond donors (Lipinski definition) is 0. The molecule has 0 atom stereocenters. The molecule has 0 heterocycles. The first-order valence-electron chi connectivity index (χ1n) is 4.38. The molecule has 0 unspecified atom stereocenters. The highest BCUT2D eigenvalue weighted by atomic mass is 32.2. The average Bonchev–Trinajstić information content (AvgIpc) is 2.02. The van der Waals surface area contributed by atoms with Gasteiger partial charge in [-0.1, -0.05) is 6.92 Å². The van der Waals surface area contributed by atoms with Crippen molar-refractivity contribution in [2.75, 3.05) is 18.1 Å². The topological polar surface area (TPSA) is 60.4 Å². The molecule has 5 heteroatoms. The summed E-state index contributed by atoms with van der Waals surface area (Å²) in [6.07, 6.45) is 0.557. The third kappa shape index (κ3) is 6.57. The third-order valence-electron chi connectivity index (χ3n) is 1.44. The van der Waals surface area contributed by atoms with Gasteiger partial charge in [-0.15, -0.1) is 0 Å². The molecule has 0 rings (SSSR count). The van der Waals surface area contributed by atoms with Gasteiger partial charge >= 0.3 is 5.97 Å². The van der Waals surface area contributed by atoms with E-state index in [1.165, 1.54) is 0 Å². The fourth-order valence-corrected chi connectivity index (χ4v) is 2.19. The van der Waals surface area contributed by atoms with E-state index in [0.717, 1.165) is 0 Å². The zero-order chi connectivity index (χ0) is 10.3. The Bertz CT molecular complexity index is 243. The standard InChI is InChI=1S/C8H16O4S/c1-3-6-13(10,11)7-5-8(9)12-4-2/h3-7H2,1-2H3. The van der Waals surface area contributed by atoms with E-state index in [9.17, 15) is 13.2 Å². The second-order valence-electron chi connectivity index (χ2n) is 2.71. The minimum atomic E-state index is -3.05. The van der Waals surface area contributed by atoms with Crippen molar-refractivity contribution in [1.29, 1.82) is 0 Å². The van der Waals surface area contributed by atoms with Crippen molar-refractivity contribution >= 4 is 15.8 Å². The first-order chi connectivity index (χ1) is 6.02. The Morgan fingerprint density at radius 3 is 2.31 bits per heavy atom. The van der Waals surface area contributed by atoms with Crippen molar-refractivity contribution in [2.45, 2.75) is 26.7 Å². The highest BCUT2D eigenvalue weighted by Crippen LogP contribution is 1.98.